The van der Waals surface area contributed by atoms with Gasteiger partial charge >= 0.3 is 0 Å². The highest BCUT2D eigenvalue weighted by Gasteiger charge is 2.12. The average molecular weight is 309 g/mol. The number of ether oxygens (including phenoxy) is 2. The number of methoxy groups -OCH3 is 1. The van der Waals surface area contributed by atoms with Crippen LogP contribution in [0.4, 0.5) is 5.82 Å². The minimum Gasteiger partial charge on any atom is -0.493 e. The van der Waals surface area contributed by atoms with Crippen molar-refractivity contribution < 1.29 is 9.47 Å². The highest BCUT2D eigenvalue weighted by Crippen LogP contribution is 2.34. The number of aromatic nitrogens is 2. The van der Waals surface area contributed by atoms with Crippen molar-refractivity contribution in [2.45, 2.75) is 6.61 Å². The minimum absolute atomic E-state index is 0.480. The second-order valence-corrected chi connectivity index (χ2v) is 5.39. The number of hydrogen-bond donors (Lipinski definition) is 0. The van der Waals surface area contributed by atoms with Crippen molar-refractivity contribution in [1.29, 1.82) is 0 Å². The van der Waals surface area contributed by atoms with Crippen LogP contribution in [0.2, 0.25) is 0 Å². The molecule has 1 aromatic heterocycles. The molecule has 5 heteroatoms. The molecule has 0 saturated carbocycles. The Bertz CT molecular complexity index is 804. The second kappa shape index (κ2) is 6.52. The van der Waals surface area contributed by atoms with Gasteiger partial charge in [-0.05, 0) is 11.6 Å². The maximum Gasteiger partial charge on any atom is 0.162 e. The maximum absolute atomic E-state index is 5.96. The molecule has 2 aromatic carbocycles. The number of anilines is 1. The molecule has 23 heavy (non-hydrogen) atoms. The molecule has 0 aliphatic rings. The molecule has 0 bridgehead atoms. The van der Waals surface area contributed by atoms with Crippen molar-refractivity contribution in [3.8, 4) is 11.5 Å². The summed E-state index contributed by atoms with van der Waals surface area (Å²) in [6, 6.07) is 13.9. The van der Waals surface area contributed by atoms with Crippen LogP contribution in [0.3, 0.4) is 0 Å². The number of nitrogens with zero attached hydrogens (tertiary/aromatic N) is 3. The monoisotopic (exact) mass is 309 g/mol. The highest BCUT2D eigenvalue weighted by molar-refractivity contribution is 5.91. The third-order valence-electron chi connectivity index (χ3n) is 3.56. The molecule has 0 saturated heterocycles. The zero-order chi connectivity index (χ0) is 16.2. The third-order valence-corrected chi connectivity index (χ3v) is 3.56. The van der Waals surface area contributed by atoms with Crippen LogP contribution < -0.4 is 14.4 Å². The number of hydrogen-bond acceptors (Lipinski definition) is 5. The molecular weight excluding hydrogens is 290 g/mol. The fraction of sp³-hybridized carbons (Fsp3) is 0.222. The van der Waals surface area contributed by atoms with E-state index >= 15 is 0 Å². The van der Waals surface area contributed by atoms with Crippen molar-refractivity contribution in [3.05, 3.63) is 54.4 Å². The van der Waals surface area contributed by atoms with Crippen LogP contribution in [0.25, 0.3) is 10.9 Å². The highest BCUT2D eigenvalue weighted by atomic mass is 16.5. The fourth-order valence-electron chi connectivity index (χ4n) is 2.41. The lowest BCUT2D eigenvalue weighted by Gasteiger charge is -2.16. The van der Waals surface area contributed by atoms with E-state index in [0.717, 1.165) is 22.3 Å². The first-order chi connectivity index (χ1) is 11.2. The first kappa shape index (κ1) is 15.1. The molecule has 0 fully saturated rings. The molecule has 1 heterocycles. The smallest absolute Gasteiger partial charge is 0.162 e. The standard InChI is InChI=1S/C18H19N3O2/c1-21(2)18-14-9-17(23-11-13-7-5-4-6-8-13)16(22-3)10-15(14)19-12-20-18/h4-10,12H,11H2,1-3H3. The summed E-state index contributed by atoms with van der Waals surface area (Å²) >= 11 is 0. The van der Waals surface area contributed by atoms with Gasteiger partial charge in [-0.2, -0.15) is 0 Å². The minimum atomic E-state index is 0.480. The maximum atomic E-state index is 5.96. The number of benzene rings is 2. The van der Waals surface area contributed by atoms with Crippen molar-refractivity contribution in [2.75, 3.05) is 26.1 Å². The topological polar surface area (TPSA) is 47.5 Å². The van der Waals surface area contributed by atoms with Gasteiger partial charge in [0.25, 0.3) is 0 Å². The van der Waals surface area contributed by atoms with E-state index in [2.05, 4.69) is 9.97 Å². The third kappa shape index (κ3) is 3.18. The van der Waals surface area contributed by atoms with Gasteiger partial charge in [0.2, 0.25) is 0 Å². The van der Waals surface area contributed by atoms with Crippen molar-refractivity contribution >= 4 is 16.7 Å². The van der Waals surface area contributed by atoms with Crippen molar-refractivity contribution in [3.63, 3.8) is 0 Å². The predicted molar refractivity (Wildman–Crippen MR) is 91.2 cm³/mol. The molecule has 0 amide bonds. The van der Waals surface area contributed by atoms with E-state index in [1.165, 1.54) is 0 Å². The molecule has 3 aromatic rings. The van der Waals surface area contributed by atoms with E-state index < -0.39 is 0 Å². The van der Waals surface area contributed by atoms with Gasteiger partial charge in [-0.15, -0.1) is 0 Å². The SMILES string of the molecule is COc1cc2ncnc(N(C)C)c2cc1OCc1ccccc1. The summed E-state index contributed by atoms with van der Waals surface area (Å²) in [5, 5.41) is 0.932. The summed E-state index contributed by atoms with van der Waals surface area (Å²) in [5.74, 6) is 2.20. The molecule has 118 valence electrons. The van der Waals surface area contributed by atoms with Crippen molar-refractivity contribution in [2.24, 2.45) is 0 Å². The Morgan fingerprint density at radius 3 is 2.48 bits per heavy atom. The van der Waals surface area contributed by atoms with E-state index in [1.807, 2.05) is 61.5 Å². The van der Waals surface area contributed by atoms with E-state index in [4.69, 9.17) is 9.47 Å². The lowest BCUT2D eigenvalue weighted by molar-refractivity contribution is 0.285. The van der Waals surface area contributed by atoms with Crippen LogP contribution >= 0.6 is 0 Å². The lowest BCUT2D eigenvalue weighted by atomic mass is 10.2. The van der Waals surface area contributed by atoms with Gasteiger partial charge in [0.1, 0.15) is 18.8 Å². The molecule has 0 N–H and O–H groups in total. The lowest BCUT2D eigenvalue weighted by Crippen LogP contribution is -2.11. The van der Waals surface area contributed by atoms with E-state index in [9.17, 15) is 0 Å². The van der Waals surface area contributed by atoms with Gasteiger partial charge in [-0.1, -0.05) is 30.3 Å². The molecule has 3 rings (SSSR count). The molecule has 0 radical (unpaired) electrons. The molecule has 0 aliphatic heterocycles. The summed E-state index contributed by atoms with van der Waals surface area (Å²) in [6.45, 7) is 0.480. The Labute approximate surface area is 135 Å². The molecule has 0 unspecified atom stereocenters. The van der Waals surface area contributed by atoms with Crippen LogP contribution in [0.15, 0.2) is 48.8 Å². The molecular formula is C18H19N3O2. The van der Waals surface area contributed by atoms with Crippen LogP contribution in [0.5, 0.6) is 11.5 Å². The van der Waals surface area contributed by atoms with Gasteiger partial charge in [-0.3, -0.25) is 0 Å². The summed E-state index contributed by atoms with van der Waals surface area (Å²) < 4.78 is 11.4. The first-order valence-electron chi connectivity index (χ1n) is 7.36. The summed E-state index contributed by atoms with van der Waals surface area (Å²) in [5.41, 5.74) is 1.93. The Balaban J connectivity index is 1.99. The normalized spacial score (nSPS) is 10.6. The molecule has 5 nitrogen and oxygen atoms in total. The zero-order valence-electron chi connectivity index (χ0n) is 13.5. The number of rotatable bonds is 5. The molecule has 0 atom stereocenters. The van der Waals surface area contributed by atoms with Crippen LogP contribution in [-0.4, -0.2) is 31.2 Å². The number of fused-ring (bicyclic) bond motifs is 1. The predicted octanol–water partition coefficient (Wildman–Crippen LogP) is 3.28. The fourth-order valence-corrected chi connectivity index (χ4v) is 2.41. The average Bonchev–Trinajstić information content (AvgIpc) is 2.59. The largest absolute Gasteiger partial charge is 0.493 e. The zero-order valence-corrected chi connectivity index (χ0v) is 13.5. The molecule has 0 aliphatic carbocycles. The van der Waals surface area contributed by atoms with Crippen LogP contribution in [-0.2, 0) is 6.61 Å². The van der Waals surface area contributed by atoms with Gasteiger partial charge in [0, 0.05) is 25.5 Å². The second-order valence-electron chi connectivity index (χ2n) is 5.39. The summed E-state index contributed by atoms with van der Waals surface area (Å²) in [6.07, 6.45) is 1.56. The Morgan fingerprint density at radius 1 is 1.00 bits per heavy atom. The Kier molecular flexibility index (Phi) is 4.28. The van der Waals surface area contributed by atoms with E-state index in [-0.39, 0.29) is 0 Å². The van der Waals surface area contributed by atoms with Gasteiger partial charge in [-0.25, -0.2) is 9.97 Å². The van der Waals surface area contributed by atoms with Gasteiger partial charge in [0.05, 0.1) is 12.6 Å². The first-order valence-corrected chi connectivity index (χ1v) is 7.36. The Hall–Kier alpha value is -2.82. The molecule has 0 spiro atoms. The van der Waals surface area contributed by atoms with Gasteiger partial charge in [0.15, 0.2) is 11.5 Å². The van der Waals surface area contributed by atoms with Gasteiger partial charge < -0.3 is 14.4 Å². The Morgan fingerprint density at radius 2 is 1.78 bits per heavy atom. The quantitative estimate of drug-likeness (QED) is 0.724. The van der Waals surface area contributed by atoms with Crippen LogP contribution in [0.1, 0.15) is 5.56 Å². The van der Waals surface area contributed by atoms with E-state index in [1.54, 1.807) is 13.4 Å². The van der Waals surface area contributed by atoms with E-state index in [0.29, 0.717) is 18.1 Å². The van der Waals surface area contributed by atoms with Crippen molar-refractivity contribution in [1.82, 2.24) is 9.97 Å². The van der Waals surface area contributed by atoms with Crippen LogP contribution in [0, 0.1) is 0 Å². The summed E-state index contributed by atoms with van der Waals surface area (Å²) in [4.78, 5) is 10.6. The summed E-state index contributed by atoms with van der Waals surface area (Å²) in [7, 11) is 5.54.